The fourth-order valence-corrected chi connectivity index (χ4v) is 3.27. The first-order chi connectivity index (χ1) is 11.6. The molecule has 4 nitrogen and oxygen atoms in total. The van der Waals surface area contributed by atoms with Gasteiger partial charge in [-0.15, -0.1) is 0 Å². The third kappa shape index (κ3) is 2.12. The van der Waals surface area contributed by atoms with Gasteiger partial charge in [-0.05, 0) is 52.4 Å². The summed E-state index contributed by atoms with van der Waals surface area (Å²) in [6, 6.07) is 13.3. The van der Waals surface area contributed by atoms with E-state index in [-0.39, 0.29) is 19.0 Å². The van der Waals surface area contributed by atoms with E-state index in [4.69, 9.17) is 0 Å². The van der Waals surface area contributed by atoms with Crippen LogP contribution in [0.5, 0.6) is 5.75 Å². The van der Waals surface area contributed by atoms with Crippen molar-refractivity contribution < 1.29 is 15.3 Å². The van der Waals surface area contributed by atoms with Crippen LogP contribution in [-0.2, 0) is 13.2 Å². The third-order valence-corrected chi connectivity index (χ3v) is 4.55. The number of fused-ring (bicyclic) bond motifs is 6. The second-order valence-corrected chi connectivity index (χ2v) is 6.07. The molecule has 0 aliphatic carbocycles. The maximum absolute atomic E-state index is 10.1. The Morgan fingerprint density at radius 1 is 0.750 bits per heavy atom. The van der Waals surface area contributed by atoms with Crippen molar-refractivity contribution in [1.29, 1.82) is 0 Å². The number of aryl methyl sites for hydroxylation is 1. The Labute approximate surface area is 138 Å². The minimum absolute atomic E-state index is 0.0306. The van der Waals surface area contributed by atoms with Crippen molar-refractivity contribution >= 4 is 32.4 Å². The Morgan fingerprint density at radius 2 is 1.33 bits per heavy atom. The molecule has 1 heterocycles. The summed E-state index contributed by atoms with van der Waals surface area (Å²) >= 11 is 0. The molecule has 0 spiro atoms. The van der Waals surface area contributed by atoms with Gasteiger partial charge in [0.1, 0.15) is 5.75 Å². The number of benzene rings is 3. The van der Waals surface area contributed by atoms with Gasteiger partial charge in [-0.3, -0.25) is 0 Å². The van der Waals surface area contributed by atoms with Crippen LogP contribution >= 0.6 is 0 Å². The van der Waals surface area contributed by atoms with Gasteiger partial charge >= 0.3 is 0 Å². The summed E-state index contributed by atoms with van der Waals surface area (Å²) in [5, 5.41) is 33.8. The van der Waals surface area contributed by atoms with Crippen molar-refractivity contribution in [2.75, 3.05) is 0 Å². The summed E-state index contributed by atoms with van der Waals surface area (Å²) in [5.41, 5.74) is 3.06. The minimum Gasteiger partial charge on any atom is -0.506 e. The SMILES string of the molecule is Cc1nc2c3ccc(CO)cc3c3cc(CO)ccc3c2cc1O. The zero-order valence-electron chi connectivity index (χ0n) is 13.2. The molecule has 0 saturated heterocycles. The van der Waals surface area contributed by atoms with Gasteiger partial charge in [-0.25, -0.2) is 4.98 Å². The number of hydrogen-bond donors (Lipinski definition) is 3. The largest absolute Gasteiger partial charge is 0.506 e. The van der Waals surface area contributed by atoms with Gasteiger partial charge in [-0.1, -0.05) is 24.3 Å². The molecule has 0 fully saturated rings. The van der Waals surface area contributed by atoms with Crippen LogP contribution in [0.4, 0.5) is 0 Å². The molecule has 3 aromatic carbocycles. The van der Waals surface area contributed by atoms with Crippen molar-refractivity contribution in [3.63, 3.8) is 0 Å². The number of aromatic nitrogens is 1. The number of aromatic hydroxyl groups is 1. The molecule has 4 heteroatoms. The third-order valence-electron chi connectivity index (χ3n) is 4.55. The maximum Gasteiger partial charge on any atom is 0.137 e. The summed E-state index contributed by atoms with van der Waals surface area (Å²) in [7, 11) is 0. The fraction of sp³-hybridized carbons (Fsp3) is 0.150. The molecule has 0 aliphatic heterocycles. The second-order valence-electron chi connectivity index (χ2n) is 6.07. The predicted octanol–water partition coefficient (Wildman–Crippen LogP) is 3.54. The van der Waals surface area contributed by atoms with Gasteiger partial charge in [0, 0.05) is 10.8 Å². The van der Waals surface area contributed by atoms with Gasteiger partial charge in [0.15, 0.2) is 0 Å². The normalized spacial score (nSPS) is 11.6. The van der Waals surface area contributed by atoms with Gasteiger partial charge in [0.2, 0.25) is 0 Å². The monoisotopic (exact) mass is 319 g/mol. The molecule has 120 valence electrons. The van der Waals surface area contributed by atoms with Crippen molar-refractivity contribution in [3.05, 3.63) is 59.3 Å². The lowest BCUT2D eigenvalue weighted by Crippen LogP contribution is -1.92. The van der Waals surface area contributed by atoms with Gasteiger partial charge < -0.3 is 15.3 Å². The van der Waals surface area contributed by atoms with E-state index in [2.05, 4.69) is 4.98 Å². The molecule has 3 N–H and O–H groups in total. The van der Waals surface area contributed by atoms with E-state index in [9.17, 15) is 15.3 Å². The molecule has 0 bridgehead atoms. The first-order valence-corrected chi connectivity index (χ1v) is 7.81. The van der Waals surface area contributed by atoms with Gasteiger partial charge in [0.25, 0.3) is 0 Å². The number of pyridine rings is 1. The van der Waals surface area contributed by atoms with Crippen LogP contribution < -0.4 is 0 Å². The average molecular weight is 319 g/mol. The second kappa shape index (κ2) is 5.44. The lowest BCUT2D eigenvalue weighted by Gasteiger charge is -2.13. The molecule has 0 radical (unpaired) electrons. The molecule has 0 atom stereocenters. The molecule has 0 unspecified atom stereocenters. The number of aliphatic hydroxyl groups excluding tert-OH is 2. The Hall–Kier alpha value is -2.69. The summed E-state index contributed by atoms with van der Waals surface area (Å²) in [6.07, 6.45) is 0. The minimum atomic E-state index is -0.0352. The standard InChI is InChI=1S/C20H17NO3/c1-11-19(24)8-18-14-4-2-12(9-22)6-16(14)17-7-13(10-23)3-5-15(17)20(18)21-11/h2-8,22-24H,9-10H2,1H3. The highest BCUT2D eigenvalue weighted by molar-refractivity contribution is 6.24. The summed E-state index contributed by atoms with van der Waals surface area (Å²) in [6.45, 7) is 1.71. The fourth-order valence-electron chi connectivity index (χ4n) is 3.27. The van der Waals surface area contributed by atoms with E-state index in [1.165, 1.54) is 0 Å². The average Bonchev–Trinajstić information content (AvgIpc) is 2.62. The van der Waals surface area contributed by atoms with Crippen LogP contribution in [0.15, 0.2) is 42.5 Å². The predicted molar refractivity (Wildman–Crippen MR) is 95.0 cm³/mol. The molecule has 1 aromatic heterocycles. The number of aliphatic hydroxyl groups is 2. The number of nitrogens with zero attached hydrogens (tertiary/aromatic N) is 1. The van der Waals surface area contributed by atoms with Crippen molar-refractivity contribution in [3.8, 4) is 5.75 Å². The lowest BCUT2D eigenvalue weighted by atomic mass is 9.94. The molecule has 0 amide bonds. The highest BCUT2D eigenvalue weighted by Gasteiger charge is 2.13. The highest BCUT2D eigenvalue weighted by Crippen LogP contribution is 2.37. The van der Waals surface area contributed by atoms with E-state index in [0.717, 1.165) is 43.6 Å². The van der Waals surface area contributed by atoms with E-state index in [1.54, 1.807) is 13.0 Å². The van der Waals surface area contributed by atoms with Crippen molar-refractivity contribution in [2.24, 2.45) is 0 Å². The summed E-state index contributed by atoms with van der Waals surface area (Å²) in [4.78, 5) is 4.59. The van der Waals surface area contributed by atoms with Crippen molar-refractivity contribution in [1.82, 2.24) is 4.98 Å². The van der Waals surface area contributed by atoms with Gasteiger partial charge in [0.05, 0.1) is 24.4 Å². The Balaban J connectivity index is 2.30. The van der Waals surface area contributed by atoms with Crippen LogP contribution in [0.2, 0.25) is 0 Å². The van der Waals surface area contributed by atoms with Crippen LogP contribution in [-0.4, -0.2) is 20.3 Å². The highest BCUT2D eigenvalue weighted by atomic mass is 16.3. The van der Waals surface area contributed by atoms with Crippen LogP contribution in [0.3, 0.4) is 0 Å². The van der Waals surface area contributed by atoms with Crippen LogP contribution in [0.25, 0.3) is 32.4 Å². The Morgan fingerprint density at radius 3 is 1.96 bits per heavy atom. The number of rotatable bonds is 2. The smallest absolute Gasteiger partial charge is 0.137 e. The molecular weight excluding hydrogens is 302 g/mol. The molecule has 4 aromatic rings. The summed E-state index contributed by atoms with van der Waals surface area (Å²) in [5.74, 6) is 0.168. The molecular formula is C20H17NO3. The molecule has 0 aliphatic rings. The van der Waals surface area contributed by atoms with Crippen LogP contribution in [0, 0.1) is 6.92 Å². The quantitative estimate of drug-likeness (QED) is 0.494. The molecule has 4 rings (SSSR count). The zero-order valence-corrected chi connectivity index (χ0v) is 13.2. The molecule has 0 saturated carbocycles. The first kappa shape index (κ1) is 14.9. The van der Waals surface area contributed by atoms with Crippen LogP contribution in [0.1, 0.15) is 16.8 Å². The van der Waals surface area contributed by atoms with E-state index >= 15 is 0 Å². The van der Waals surface area contributed by atoms with Gasteiger partial charge in [-0.2, -0.15) is 0 Å². The van der Waals surface area contributed by atoms with E-state index < -0.39 is 0 Å². The van der Waals surface area contributed by atoms with Crippen molar-refractivity contribution in [2.45, 2.75) is 20.1 Å². The topological polar surface area (TPSA) is 73.6 Å². The zero-order chi connectivity index (χ0) is 16.8. The summed E-state index contributed by atoms with van der Waals surface area (Å²) < 4.78 is 0. The number of hydrogen-bond acceptors (Lipinski definition) is 4. The lowest BCUT2D eigenvalue weighted by molar-refractivity contribution is 0.281. The van der Waals surface area contributed by atoms with E-state index in [1.807, 2.05) is 36.4 Å². The Bertz CT molecular complexity index is 1010. The Kier molecular flexibility index (Phi) is 3.37. The van der Waals surface area contributed by atoms with E-state index in [0.29, 0.717) is 5.69 Å². The first-order valence-electron chi connectivity index (χ1n) is 7.81. The maximum atomic E-state index is 10.1. The molecule has 24 heavy (non-hydrogen) atoms.